The van der Waals surface area contributed by atoms with Crippen molar-refractivity contribution in [3.63, 3.8) is 0 Å². The van der Waals surface area contributed by atoms with Gasteiger partial charge < -0.3 is 20.9 Å². The van der Waals surface area contributed by atoms with Crippen molar-refractivity contribution in [3.8, 4) is 5.88 Å². The lowest BCUT2D eigenvalue weighted by molar-refractivity contribution is 0.138. The third-order valence-electron chi connectivity index (χ3n) is 2.50. The zero-order valence-corrected chi connectivity index (χ0v) is 11.5. The Hall–Kier alpha value is -1.49. The highest BCUT2D eigenvalue weighted by molar-refractivity contribution is 5.53. The van der Waals surface area contributed by atoms with Crippen LogP contribution in [0.2, 0.25) is 0 Å². The van der Waals surface area contributed by atoms with Gasteiger partial charge in [-0.05, 0) is 31.9 Å². The molecule has 0 saturated carbocycles. The Morgan fingerprint density at radius 3 is 2.56 bits per heavy atom. The number of aliphatic hydroxyl groups is 1. The number of hydrogen-bond acceptors (Lipinski definition) is 5. The molecule has 0 aromatic carbocycles. The Kier molecular flexibility index (Phi) is 5.22. The summed E-state index contributed by atoms with van der Waals surface area (Å²) in [5, 5.41) is 12.8. The highest BCUT2D eigenvalue weighted by Crippen LogP contribution is 2.22. The van der Waals surface area contributed by atoms with Crippen molar-refractivity contribution in [3.05, 3.63) is 12.1 Å². The molecule has 1 heterocycles. The largest absolute Gasteiger partial charge is 0.473 e. The predicted octanol–water partition coefficient (Wildman–Crippen LogP) is 1.88. The van der Waals surface area contributed by atoms with Gasteiger partial charge in [0.05, 0.1) is 17.9 Å². The first-order valence-electron chi connectivity index (χ1n) is 6.25. The summed E-state index contributed by atoms with van der Waals surface area (Å²) < 4.78 is 5.50. The molecule has 0 spiro atoms. The molecule has 4 N–H and O–H groups in total. The minimum Gasteiger partial charge on any atom is -0.473 e. The lowest BCUT2D eigenvalue weighted by Gasteiger charge is -2.16. The third-order valence-corrected chi connectivity index (χ3v) is 2.50. The number of hydrogen-bond donors (Lipinski definition) is 3. The van der Waals surface area contributed by atoms with Gasteiger partial charge in [0.15, 0.2) is 0 Å². The molecule has 0 aliphatic rings. The molecule has 0 bridgehead atoms. The van der Waals surface area contributed by atoms with Gasteiger partial charge >= 0.3 is 0 Å². The van der Waals surface area contributed by atoms with Crippen LogP contribution in [0.15, 0.2) is 12.1 Å². The second-order valence-corrected chi connectivity index (χ2v) is 4.95. The molecule has 0 amide bonds. The maximum absolute atomic E-state index is 9.71. The molecular formula is C13H23N3O2. The van der Waals surface area contributed by atoms with Gasteiger partial charge in [0.2, 0.25) is 5.88 Å². The number of pyridine rings is 1. The maximum Gasteiger partial charge on any atom is 0.239 e. The van der Waals surface area contributed by atoms with E-state index in [0.29, 0.717) is 23.9 Å². The molecule has 0 aliphatic heterocycles. The van der Waals surface area contributed by atoms with E-state index in [0.717, 1.165) is 0 Å². The van der Waals surface area contributed by atoms with Gasteiger partial charge in [-0.15, -0.1) is 0 Å². The molecule has 1 rings (SSSR count). The number of aliphatic hydroxyl groups excluding tert-OH is 1. The molecule has 1 aromatic heterocycles. The third kappa shape index (κ3) is 4.41. The number of nitrogens with zero attached hydrogens (tertiary/aromatic N) is 1. The molecule has 5 nitrogen and oxygen atoms in total. The number of ether oxygens (including phenoxy) is 1. The molecule has 102 valence electrons. The van der Waals surface area contributed by atoms with Crippen LogP contribution in [0, 0.1) is 5.92 Å². The average molecular weight is 253 g/mol. The van der Waals surface area contributed by atoms with E-state index in [1.54, 1.807) is 12.1 Å². The summed E-state index contributed by atoms with van der Waals surface area (Å²) in [5.41, 5.74) is 6.29. The van der Waals surface area contributed by atoms with Crippen LogP contribution in [0.1, 0.15) is 27.7 Å². The second kappa shape index (κ2) is 6.44. The summed E-state index contributed by atoms with van der Waals surface area (Å²) in [5.74, 6) is 1.28. The number of anilines is 2. The van der Waals surface area contributed by atoms with Gasteiger partial charge in [0, 0.05) is 6.54 Å². The molecule has 0 aliphatic carbocycles. The van der Waals surface area contributed by atoms with E-state index < -0.39 is 6.10 Å². The van der Waals surface area contributed by atoms with E-state index in [-0.39, 0.29) is 12.0 Å². The normalized spacial score (nSPS) is 12.8. The minimum atomic E-state index is -0.404. The SMILES string of the molecule is CC(C)Oc1nc(NCC(O)C(C)C)ccc1N. The first-order valence-corrected chi connectivity index (χ1v) is 6.25. The van der Waals surface area contributed by atoms with Crippen molar-refractivity contribution < 1.29 is 9.84 Å². The number of rotatable bonds is 6. The summed E-state index contributed by atoms with van der Waals surface area (Å²) in [4.78, 5) is 4.27. The van der Waals surface area contributed by atoms with Crippen molar-refractivity contribution in [1.82, 2.24) is 4.98 Å². The molecule has 18 heavy (non-hydrogen) atoms. The highest BCUT2D eigenvalue weighted by atomic mass is 16.5. The van der Waals surface area contributed by atoms with E-state index in [1.165, 1.54) is 0 Å². The highest BCUT2D eigenvalue weighted by Gasteiger charge is 2.10. The number of nitrogens with one attached hydrogen (secondary N) is 1. The maximum atomic E-state index is 9.71. The fourth-order valence-electron chi connectivity index (χ4n) is 1.31. The Balaban J connectivity index is 2.67. The van der Waals surface area contributed by atoms with Gasteiger partial charge in [-0.2, -0.15) is 4.98 Å². The van der Waals surface area contributed by atoms with Crippen LogP contribution in [0.5, 0.6) is 5.88 Å². The van der Waals surface area contributed by atoms with Gasteiger partial charge in [0.1, 0.15) is 5.82 Å². The first kappa shape index (κ1) is 14.6. The molecule has 0 fully saturated rings. The zero-order chi connectivity index (χ0) is 13.7. The van der Waals surface area contributed by atoms with Gasteiger partial charge in [-0.25, -0.2) is 0 Å². The molecule has 1 aromatic rings. The Morgan fingerprint density at radius 2 is 2.00 bits per heavy atom. The zero-order valence-electron chi connectivity index (χ0n) is 11.5. The van der Waals surface area contributed by atoms with Crippen molar-refractivity contribution >= 4 is 11.5 Å². The fourth-order valence-corrected chi connectivity index (χ4v) is 1.31. The van der Waals surface area contributed by atoms with Crippen LogP contribution in [0.25, 0.3) is 0 Å². The van der Waals surface area contributed by atoms with Crippen LogP contribution in [0.3, 0.4) is 0 Å². The van der Waals surface area contributed by atoms with E-state index in [4.69, 9.17) is 10.5 Å². The summed E-state index contributed by atoms with van der Waals surface area (Å²) in [6.45, 7) is 8.23. The van der Waals surface area contributed by atoms with Crippen molar-refractivity contribution in [2.24, 2.45) is 5.92 Å². The summed E-state index contributed by atoms with van der Waals surface area (Å²) >= 11 is 0. The van der Waals surface area contributed by atoms with Crippen LogP contribution in [-0.2, 0) is 0 Å². The summed E-state index contributed by atoms with van der Waals surface area (Å²) in [6.07, 6.45) is -0.380. The van der Waals surface area contributed by atoms with Crippen LogP contribution >= 0.6 is 0 Å². The summed E-state index contributed by atoms with van der Waals surface area (Å²) in [6, 6.07) is 3.52. The predicted molar refractivity (Wildman–Crippen MR) is 73.7 cm³/mol. The Morgan fingerprint density at radius 1 is 1.33 bits per heavy atom. The average Bonchev–Trinajstić information content (AvgIpc) is 2.28. The molecule has 5 heteroatoms. The minimum absolute atomic E-state index is 0.0244. The summed E-state index contributed by atoms with van der Waals surface area (Å²) in [7, 11) is 0. The van der Waals surface area contributed by atoms with Crippen LogP contribution in [0.4, 0.5) is 11.5 Å². The van der Waals surface area contributed by atoms with E-state index in [9.17, 15) is 5.11 Å². The molecular weight excluding hydrogens is 230 g/mol. The molecule has 0 saturated heterocycles. The monoisotopic (exact) mass is 253 g/mol. The number of aromatic nitrogens is 1. The van der Waals surface area contributed by atoms with Gasteiger partial charge in [-0.3, -0.25) is 0 Å². The fraction of sp³-hybridized carbons (Fsp3) is 0.615. The smallest absolute Gasteiger partial charge is 0.239 e. The Labute approximate surface area is 108 Å². The second-order valence-electron chi connectivity index (χ2n) is 4.95. The van der Waals surface area contributed by atoms with E-state index in [1.807, 2.05) is 27.7 Å². The van der Waals surface area contributed by atoms with E-state index >= 15 is 0 Å². The lowest BCUT2D eigenvalue weighted by Crippen LogP contribution is -2.25. The van der Waals surface area contributed by atoms with Crippen molar-refractivity contribution in [2.45, 2.75) is 39.9 Å². The molecule has 0 radical (unpaired) electrons. The molecule has 1 atom stereocenters. The number of nitrogen functional groups attached to an aromatic ring is 1. The quantitative estimate of drug-likeness (QED) is 0.721. The van der Waals surface area contributed by atoms with Crippen molar-refractivity contribution in [1.29, 1.82) is 0 Å². The van der Waals surface area contributed by atoms with Gasteiger partial charge in [0.25, 0.3) is 0 Å². The van der Waals surface area contributed by atoms with Crippen LogP contribution in [-0.4, -0.2) is 28.8 Å². The first-order chi connectivity index (χ1) is 8.40. The lowest BCUT2D eigenvalue weighted by atomic mass is 10.1. The molecule has 1 unspecified atom stereocenters. The topological polar surface area (TPSA) is 80.4 Å². The Bertz CT molecular complexity index is 380. The van der Waals surface area contributed by atoms with E-state index in [2.05, 4.69) is 10.3 Å². The van der Waals surface area contributed by atoms with Crippen molar-refractivity contribution in [2.75, 3.05) is 17.6 Å². The van der Waals surface area contributed by atoms with Crippen LogP contribution < -0.4 is 15.8 Å². The standard InChI is InChI=1S/C13H23N3O2/c1-8(2)11(17)7-15-12-6-5-10(14)13(16-12)18-9(3)4/h5-6,8-9,11,17H,7,14H2,1-4H3,(H,15,16). The van der Waals surface area contributed by atoms with Gasteiger partial charge in [-0.1, -0.05) is 13.8 Å². The number of nitrogens with two attached hydrogens (primary N) is 1.